The van der Waals surface area contributed by atoms with Crippen LogP contribution in [0, 0.1) is 5.95 Å². The van der Waals surface area contributed by atoms with E-state index >= 15 is 0 Å². The van der Waals surface area contributed by atoms with Crippen LogP contribution in [0.1, 0.15) is 19.3 Å². The topological polar surface area (TPSA) is 72.9 Å². The highest BCUT2D eigenvalue weighted by atomic mass is 19.1. The molecule has 8 heteroatoms. The number of ether oxygens (including phenoxy) is 2. The van der Waals surface area contributed by atoms with E-state index in [1.54, 1.807) is 11.0 Å². The summed E-state index contributed by atoms with van der Waals surface area (Å²) in [7, 11) is 0. The highest BCUT2D eigenvalue weighted by Gasteiger charge is 2.25. The molecule has 1 atom stereocenters. The van der Waals surface area contributed by atoms with Gasteiger partial charge in [0.25, 0.3) is 0 Å². The van der Waals surface area contributed by atoms with E-state index in [-0.39, 0.29) is 18.2 Å². The standard InChI is InChI=1S/C15H20FN3O4/c16-14-2-1-12(9-17-14)22-11-3-6-19(7-4-11)15(20)18-23-13-5-8-21-10-13/h1-2,9,11,13H,3-8,10H2,(H,18,20). The monoisotopic (exact) mass is 325 g/mol. The molecular formula is C15H20FN3O4. The summed E-state index contributed by atoms with van der Waals surface area (Å²) in [5.74, 6) is 0.00960. The van der Waals surface area contributed by atoms with Crippen molar-refractivity contribution in [2.24, 2.45) is 0 Å². The zero-order chi connectivity index (χ0) is 16.1. The van der Waals surface area contributed by atoms with E-state index in [1.807, 2.05) is 0 Å². The lowest BCUT2D eigenvalue weighted by Gasteiger charge is -2.32. The van der Waals surface area contributed by atoms with Crippen LogP contribution >= 0.6 is 0 Å². The summed E-state index contributed by atoms with van der Waals surface area (Å²) in [6, 6.07) is 2.58. The van der Waals surface area contributed by atoms with Crippen LogP contribution in [0.2, 0.25) is 0 Å². The Morgan fingerprint density at radius 2 is 2.13 bits per heavy atom. The van der Waals surface area contributed by atoms with Gasteiger partial charge < -0.3 is 14.4 Å². The van der Waals surface area contributed by atoms with Crippen LogP contribution < -0.4 is 10.2 Å². The molecule has 3 rings (SSSR count). The Morgan fingerprint density at radius 3 is 2.78 bits per heavy atom. The minimum atomic E-state index is -0.531. The van der Waals surface area contributed by atoms with Crippen LogP contribution in [0.15, 0.2) is 18.3 Å². The van der Waals surface area contributed by atoms with Gasteiger partial charge in [-0.3, -0.25) is 4.84 Å². The molecule has 1 unspecified atom stereocenters. The lowest BCUT2D eigenvalue weighted by Crippen LogP contribution is -2.47. The zero-order valence-electron chi connectivity index (χ0n) is 12.7. The number of piperidine rings is 1. The van der Waals surface area contributed by atoms with Gasteiger partial charge in [-0.25, -0.2) is 15.3 Å². The van der Waals surface area contributed by atoms with Crippen molar-refractivity contribution in [1.29, 1.82) is 0 Å². The van der Waals surface area contributed by atoms with E-state index in [2.05, 4.69) is 10.5 Å². The molecule has 2 saturated heterocycles. The SMILES string of the molecule is O=C(NOC1CCOC1)N1CCC(Oc2ccc(F)nc2)CC1. The summed E-state index contributed by atoms with van der Waals surface area (Å²) in [5.41, 5.74) is 2.48. The highest BCUT2D eigenvalue weighted by molar-refractivity contribution is 5.73. The number of hydrogen-bond acceptors (Lipinski definition) is 5. The number of hydrogen-bond donors (Lipinski definition) is 1. The molecule has 0 bridgehead atoms. The van der Waals surface area contributed by atoms with Gasteiger partial charge in [-0.2, -0.15) is 4.39 Å². The number of likely N-dealkylation sites (tertiary alicyclic amines) is 1. The molecule has 0 aromatic carbocycles. The van der Waals surface area contributed by atoms with Gasteiger partial charge in [-0.05, 0) is 12.1 Å². The van der Waals surface area contributed by atoms with Crippen molar-refractivity contribution in [1.82, 2.24) is 15.4 Å². The van der Waals surface area contributed by atoms with E-state index < -0.39 is 5.95 Å². The molecule has 3 heterocycles. The lowest BCUT2D eigenvalue weighted by atomic mass is 10.1. The molecule has 1 N–H and O–H groups in total. The molecule has 1 aromatic heterocycles. The maximum Gasteiger partial charge on any atom is 0.341 e. The number of pyridine rings is 1. The van der Waals surface area contributed by atoms with Crippen molar-refractivity contribution in [3.63, 3.8) is 0 Å². The first-order chi connectivity index (χ1) is 11.2. The number of nitrogens with zero attached hydrogens (tertiary/aromatic N) is 2. The predicted molar refractivity (Wildman–Crippen MR) is 78.3 cm³/mol. The molecule has 23 heavy (non-hydrogen) atoms. The summed E-state index contributed by atoms with van der Waals surface area (Å²) < 4.78 is 23.7. The van der Waals surface area contributed by atoms with Gasteiger partial charge in [-0.15, -0.1) is 0 Å². The first kappa shape index (κ1) is 15.9. The third-order valence-corrected chi connectivity index (χ3v) is 3.93. The van der Waals surface area contributed by atoms with Crippen molar-refractivity contribution in [2.45, 2.75) is 31.5 Å². The maximum atomic E-state index is 12.8. The predicted octanol–water partition coefficient (Wildman–Crippen LogP) is 1.49. The average Bonchev–Trinajstić information content (AvgIpc) is 3.09. The Labute approximate surface area is 133 Å². The molecule has 7 nitrogen and oxygen atoms in total. The van der Waals surface area contributed by atoms with Crippen LogP contribution in [0.5, 0.6) is 5.75 Å². The number of hydroxylamine groups is 1. The van der Waals surface area contributed by atoms with Crippen LogP contribution in [0.3, 0.4) is 0 Å². The Balaban J connectivity index is 1.39. The Bertz CT molecular complexity index is 514. The van der Waals surface area contributed by atoms with Gasteiger partial charge in [0.1, 0.15) is 18.0 Å². The molecule has 1 aromatic rings. The molecule has 0 saturated carbocycles. The third kappa shape index (κ3) is 4.52. The molecule has 2 aliphatic rings. The zero-order valence-corrected chi connectivity index (χ0v) is 12.7. The number of aromatic nitrogens is 1. The van der Waals surface area contributed by atoms with Gasteiger partial charge in [0.2, 0.25) is 5.95 Å². The van der Waals surface area contributed by atoms with Gasteiger partial charge in [0, 0.05) is 39.0 Å². The second-order valence-electron chi connectivity index (χ2n) is 5.63. The maximum absolute atomic E-state index is 12.8. The fourth-order valence-corrected chi connectivity index (χ4v) is 2.61. The molecule has 2 aliphatic heterocycles. The molecule has 0 aliphatic carbocycles. The van der Waals surface area contributed by atoms with Crippen molar-refractivity contribution >= 4 is 6.03 Å². The number of carbonyl (C=O) groups is 1. The summed E-state index contributed by atoms with van der Waals surface area (Å²) in [5, 5.41) is 0. The summed E-state index contributed by atoms with van der Waals surface area (Å²) in [6.07, 6.45) is 3.50. The van der Waals surface area contributed by atoms with Crippen molar-refractivity contribution < 1.29 is 23.5 Å². The first-order valence-corrected chi connectivity index (χ1v) is 7.77. The summed E-state index contributed by atoms with van der Waals surface area (Å²) in [4.78, 5) is 22.6. The number of rotatable bonds is 4. The van der Waals surface area contributed by atoms with E-state index in [4.69, 9.17) is 14.3 Å². The second-order valence-corrected chi connectivity index (χ2v) is 5.63. The van der Waals surface area contributed by atoms with Crippen LogP contribution in [-0.2, 0) is 9.57 Å². The van der Waals surface area contributed by atoms with Crippen molar-refractivity contribution in [3.05, 3.63) is 24.3 Å². The van der Waals surface area contributed by atoms with Crippen LogP contribution in [0.25, 0.3) is 0 Å². The molecule has 0 spiro atoms. The minimum absolute atomic E-state index is 0.00420. The number of nitrogens with one attached hydrogen (secondary N) is 1. The van der Waals surface area contributed by atoms with E-state index in [1.165, 1.54) is 12.3 Å². The van der Waals surface area contributed by atoms with E-state index in [9.17, 15) is 9.18 Å². The van der Waals surface area contributed by atoms with Gasteiger partial charge >= 0.3 is 6.03 Å². The molecule has 126 valence electrons. The van der Waals surface area contributed by atoms with E-state index in [0.29, 0.717) is 44.9 Å². The number of halogens is 1. The quantitative estimate of drug-likeness (QED) is 0.671. The van der Waals surface area contributed by atoms with Gasteiger partial charge in [0.05, 0.1) is 12.8 Å². The van der Waals surface area contributed by atoms with Crippen molar-refractivity contribution in [2.75, 3.05) is 26.3 Å². The second kappa shape index (κ2) is 7.56. The van der Waals surface area contributed by atoms with Gasteiger partial charge in [-0.1, -0.05) is 0 Å². The largest absolute Gasteiger partial charge is 0.489 e. The third-order valence-electron chi connectivity index (χ3n) is 3.93. The minimum Gasteiger partial charge on any atom is -0.489 e. The number of amides is 2. The number of carbonyl (C=O) groups excluding carboxylic acids is 1. The lowest BCUT2D eigenvalue weighted by molar-refractivity contribution is -0.0182. The van der Waals surface area contributed by atoms with Gasteiger partial charge in [0.15, 0.2) is 0 Å². The Kier molecular flexibility index (Phi) is 5.24. The fourth-order valence-electron chi connectivity index (χ4n) is 2.61. The molecular weight excluding hydrogens is 305 g/mol. The molecule has 2 fully saturated rings. The normalized spacial score (nSPS) is 22.1. The van der Waals surface area contributed by atoms with Crippen LogP contribution in [0.4, 0.5) is 9.18 Å². The summed E-state index contributed by atoms with van der Waals surface area (Å²) >= 11 is 0. The average molecular weight is 325 g/mol. The Morgan fingerprint density at radius 1 is 1.30 bits per heavy atom. The van der Waals surface area contributed by atoms with E-state index in [0.717, 1.165) is 6.42 Å². The van der Waals surface area contributed by atoms with Crippen LogP contribution in [-0.4, -0.2) is 54.4 Å². The smallest absolute Gasteiger partial charge is 0.341 e. The Hall–Kier alpha value is -1.93. The fraction of sp³-hybridized carbons (Fsp3) is 0.600. The molecule has 0 radical (unpaired) electrons. The molecule has 2 amide bonds. The highest BCUT2D eigenvalue weighted by Crippen LogP contribution is 2.18. The summed E-state index contributed by atoms with van der Waals surface area (Å²) in [6.45, 7) is 2.34. The first-order valence-electron chi connectivity index (χ1n) is 7.77. The van der Waals surface area contributed by atoms with Crippen molar-refractivity contribution in [3.8, 4) is 5.75 Å². The number of urea groups is 1.